The summed E-state index contributed by atoms with van der Waals surface area (Å²) in [6.07, 6.45) is 3.25. The first-order chi connectivity index (χ1) is 4.45. The first kappa shape index (κ1) is 9.94. The zero-order valence-electron chi connectivity index (χ0n) is 6.35. The number of carbonyl (C=O) groups excluding carboxylic acids is 1. The first-order valence-corrected chi connectivity index (χ1v) is 3.85. The molecular weight excluding hydrogens is 243 g/mol. The number of rotatable bonds is 1. The first-order valence-electron chi connectivity index (χ1n) is 2.97. The number of allylic oxidation sites excluding steroid dienone is 1. The quantitative estimate of drug-likeness (QED) is 0.530. The second kappa shape index (κ2) is 3.95. The number of halogens is 1. The molecule has 0 spiro atoms. The highest BCUT2D eigenvalue weighted by Crippen LogP contribution is 2.14. The van der Waals surface area contributed by atoms with Gasteiger partial charge in [0.05, 0.1) is 0 Å². The Morgan fingerprint density at radius 2 is 2.00 bits per heavy atom. The van der Waals surface area contributed by atoms with Gasteiger partial charge in [0.15, 0.2) is 23.0 Å². The van der Waals surface area contributed by atoms with Gasteiger partial charge in [0.25, 0.3) is 0 Å². The van der Waals surface area contributed by atoms with E-state index in [2.05, 4.69) is 3.07 Å². The van der Waals surface area contributed by atoms with E-state index < -0.39 is 0 Å². The second-order valence-electron chi connectivity index (χ2n) is 3.10. The molecule has 0 saturated heterocycles. The predicted molar refractivity (Wildman–Crippen MR) is 48.7 cm³/mol. The van der Waals surface area contributed by atoms with Crippen molar-refractivity contribution >= 4 is 29.0 Å². The van der Waals surface area contributed by atoms with Crippen molar-refractivity contribution in [1.29, 1.82) is 0 Å². The summed E-state index contributed by atoms with van der Waals surface area (Å²) in [5.74, 6) is -0.310. The molecule has 58 valence electrons. The van der Waals surface area contributed by atoms with Crippen molar-refractivity contribution in [3.05, 3.63) is 12.2 Å². The van der Waals surface area contributed by atoms with Gasteiger partial charge in [-0.05, 0) is 5.41 Å². The molecule has 2 nitrogen and oxygen atoms in total. The molecule has 0 radical (unpaired) electrons. The summed E-state index contributed by atoms with van der Waals surface area (Å²) in [7, 11) is 0. The lowest BCUT2D eigenvalue weighted by Gasteiger charge is -2.09. The molecule has 0 aliphatic rings. The van der Waals surface area contributed by atoms with Crippen molar-refractivity contribution in [1.82, 2.24) is 0 Å². The third-order valence-electron chi connectivity index (χ3n) is 0.795. The average molecular weight is 254 g/mol. The van der Waals surface area contributed by atoms with Gasteiger partial charge < -0.3 is 3.07 Å². The molecule has 0 N–H and O–H groups in total. The molecule has 0 aliphatic heterocycles. The zero-order chi connectivity index (χ0) is 8.20. The molecule has 0 aromatic carbocycles. The Kier molecular flexibility index (Phi) is 3.93. The molecule has 0 fully saturated rings. The molecule has 3 heteroatoms. The van der Waals surface area contributed by atoms with Crippen molar-refractivity contribution < 1.29 is 7.86 Å². The molecule has 0 amide bonds. The van der Waals surface area contributed by atoms with Crippen LogP contribution in [0.1, 0.15) is 20.8 Å². The van der Waals surface area contributed by atoms with Gasteiger partial charge in [0.2, 0.25) is 0 Å². The van der Waals surface area contributed by atoms with Crippen LogP contribution in [0.5, 0.6) is 0 Å². The van der Waals surface area contributed by atoms with Crippen LogP contribution in [-0.4, -0.2) is 5.97 Å². The lowest BCUT2D eigenvalue weighted by Crippen LogP contribution is -2.00. The Labute approximate surface area is 75.3 Å². The normalized spacial score (nSPS) is 12.0. The maximum atomic E-state index is 10.5. The van der Waals surface area contributed by atoms with Crippen molar-refractivity contribution in [2.45, 2.75) is 20.8 Å². The average Bonchev–Trinajstić information content (AvgIpc) is 1.81. The van der Waals surface area contributed by atoms with Crippen molar-refractivity contribution in [3.8, 4) is 0 Å². The van der Waals surface area contributed by atoms with Crippen LogP contribution in [0, 0.1) is 5.41 Å². The lowest BCUT2D eigenvalue weighted by atomic mass is 9.96. The van der Waals surface area contributed by atoms with E-state index >= 15 is 0 Å². The van der Waals surface area contributed by atoms with Crippen LogP contribution in [0.4, 0.5) is 0 Å². The smallest absolute Gasteiger partial charge is 0.339 e. The molecule has 0 aliphatic carbocycles. The minimum absolute atomic E-state index is 0.0465. The highest BCUT2D eigenvalue weighted by atomic mass is 127. The molecular formula is C7H11IO2. The highest BCUT2D eigenvalue weighted by Gasteiger charge is 2.04. The SMILES string of the molecule is CC(C)(C)/C=C/C(=O)OI. The van der Waals surface area contributed by atoms with Gasteiger partial charge in [-0.15, -0.1) is 0 Å². The van der Waals surface area contributed by atoms with E-state index in [-0.39, 0.29) is 11.4 Å². The van der Waals surface area contributed by atoms with E-state index in [1.165, 1.54) is 6.08 Å². The standard InChI is InChI=1S/C7H11IO2/c1-7(2,3)5-4-6(9)10-8/h4-5H,1-3H3/b5-4+. The fourth-order valence-electron chi connectivity index (χ4n) is 0.344. The molecule has 0 saturated carbocycles. The summed E-state index contributed by atoms with van der Waals surface area (Å²) in [5, 5.41) is 0. The van der Waals surface area contributed by atoms with Crippen LogP contribution in [0.2, 0.25) is 0 Å². The molecule has 0 rings (SSSR count). The van der Waals surface area contributed by atoms with Crippen LogP contribution >= 0.6 is 23.0 Å². The Morgan fingerprint density at radius 3 is 2.30 bits per heavy atom. The Bertz CT molecular complexity index is 144. The molecule has 0 bridgehead atoms. The summed E-state index contributed by atoms with van der Waals surface area (Å²) >= 11 is 1.56. The van der Waals surface area contributed by atoms with Crippen LogP contribution in [0.25, 0.3) is 0 Å². The van der Waals surface area contributed by atoms with E-state index in [0.717, 1.165) is 0 Å². The molecule has 0 unspecified atom stereocenters. The van der Waals surface area contributed by atoms with Crippen molar-refractivity contribution in [3.63, 3.8) is 0 Å². The molecule has 0 heterocycles. The fraction of sp³-hybridized carbons (Fsp3) is 0.571. The monoisotopic (exact) mass is 254 g/mol. The topological polar surface area (TPSA) is 26.3 Å². The van der Waals surface area contributed by atoms with Gasteiger partial charge in [-0.25, -0.2) is 4.79 Å². The van der Waals surface area contributed by atoms with Crippen LogP contribution in [0.3, 0.4) is 0 Å². The zero-order valence-corrected chi connectivity index (χ0v) is 8.51. The van der Waals surface area contributed by atoms with Crippen LogP contribution in [0.15, 0.2) is 12.2 Å². The van der Waals surface area contributed by atoms with E-state index in [9.17, 15) is 4.79 Å². The summed E-state index contributed by atoms with van der Waals surface area (Å²) in [5.41, 5.74) is 0.0465. The third-order valence-corrected chi connectivity index (χ3v) is 1.23. The Balaban J connectivity index is 3.88. The van der Waals surface area contributed by atoms with E-state index in [0.29, 0.717) is 0 Å². The van der Waals surface area contributed by atoms with Gasteiger partial charge in [-0.3, -0.25) is 0 Å². The predicted octanol–water partition coefficient (Wildman–Crippen LogP) is 2.48. The van der Waals surface area contributed by atoms with Gasteiger partial charge in [-0.2, -0.15) is 0 Å². The third kappa shape index (κ3) is 6.07. The largest absolute Gasteiger partial charge is 0.391 e. The maximum Gasteiger partial charge on any atom is 0.339 e. The van der Waals surface area contributed by atoms with Gasteiger partial charge in [0.1, 0.15) is 0 Å². The van der Waals surface area contributed by atoms with Crippen molar-refractivity contribution in [2.24, 2.45) is 5.41 Å². The fourth-order valence-corrected chi connectivity index (χ4v) is 0.491. The second-order valence-corrected chi connectivity index (χ2v) is 3.54. The Morgan fingerprint density at radius 1 is 1.50 bits per heavy atom. The summed E-state index contributed by atoms with van der Waals surface area (Å²) < 4.78 is 4.39. The van der Waals surface area contributed by atoms with Crippen LogP contribution in [-0.2, 0) is 7.86 Å². The lowest BCUT2D eigenvalue weighted by molar-refractivity contribution is -0.126. The Hall–Kier alpha value is -0.0600. The summed E-state index contributed by atoms with van der Waals surface area (Å²) in [6, 6.07) is 0. The molecule has 0 aromatic rings. The number of hydrogen-bond acceptors (Lipinski definition) is 2. The van der Waals surface area contributed by atoms with Gasteiger partial charge in [-0.1, -0.05) is 26.8 Å². The van der Waals surface area contributed by atoms with E-state index in [4.69, 9.17) is 0 Å². The maximum absolute atomic E-state index is 10.5. The summed E-state index contributed by atoms with van der Waals surface area (Å²) in [6.45, 7) is 6.05. The minimum atomic E-state index is -0.310. The minimum Gasteiger partial charge on any atom is -0.391 e. The van der Waals surface area contributed by atoms with Gasteiger partial charge in [0, 0.05) is 6.08 Å². The van der Waals surface area contributed by atoms with Crippen molar-refractivity contribution in [2.75, 3.05) is 0 Å². The van der Waals surface area contributed by atoms with Crippen LogP contribution < -0.4 is 0 Å². The van der Waals surface area contributed by atoms with E-state index in [1.54, 1.807) is 23.0 Å². The van der Waals surface area contributed by atoms with E-state index in [1.807, 2.05) is 26.8 Å². The highest BCUT2D eigenvalue weighted by molar-refractivity contribution is 14.1. The molecule has 0 atom stereocenters. The molecule has 10 heavy (non-hydrogen) atoms. The molecule has 0 aromatic heterocycles. The number of carbonyl (C=O) groups is 1. The van der Waals surface area contributed by atoms with Gasteiger partial charge >= 0.3 is 5.97 Å². The summed E-state index contributed by atoms with van der Waals surface area (Å²) in [4.78, 5) is 10.5. The number of hydrogen-bond donors (Lipinski definition) is 0.